The Morgan fingerprint density at radius 2 is 2.15 bits per heavy atom. The average molecular weight is 377 g/mol. The minimum absolute atomic E-state index is 0.185. The van der Waals surface area contributed by atoms with Crippen molar-refractivity contribution in [2.24, 2.45) is 11.1 Å². The summed E-state index contributed by atoms with van der Waals surface area (Å²) >= 11 is 1.46. The van der Waals surface area contributed by atoms with Gasteiger partial charge in [0, 0.05) is 24.5 Å². The van der Waals surface area contributed by atoms with Gasteiger partial charge in [-0.25, -0.2) is 9.78 Å². The number of amides is 3. The van der Waals surface area contributed by atoms with E-state index in [1.807, 2.05) is 39.1 Å². The Bertz CT molecular complexity index is 822. The number of nitrogens with two attached hydrogens (primary N) is 1. The van der Waals surface area contributed by atoms with Crippen LogP contribution in [0, 0.1) is 12.3 Å². The Kier molecular flexibility index (Phi) is 4.74. The molecule has 0 spiro atoms. The first-order valence-electron chi connectivity index (χ1n) is 8.40. The van der Waals surface area contributed by atoms with E-state index < -0.39 is 17.4 Å². The quantitative estimate of drug-likeness (QED) is 0.860. The van der Waals surface area contributed by atoms with Gasteiger partial charge in [0.05, 0.1) is 12.2 Å². The summed E-state index contributed by atoms with van der Waals surface area (Å²) in [6.45, 7) is 8.95. The van der Waals surface area contributed by atoms with Gasteiger partial charge in [-0.05, 0) is 12.3 Å². The van der Waals surface area contributed by atoms with Gasteiger partial charge < -0.3 is 20.1 Å². The predicted octanol–water partition coefficient (Wildman–Crippen LogP) is 2.24. The van der Waals surface area contributed by atoms with Gasteiger partial charge >= 0.3 is 6.03 Å². The number of primary amides is 1. The van der Waals surface area contributed by atoms with Gasteiger partial charge in [0.25, 0.3) is 0 Å². The van der Waals surface area contributed by atoms with E-state index in [0.717, 1.165) is 16.5 Å². The van der Waals surface area contributed by atoms with Crippen LogP contribution in [0.15, 0.2) is 16.0 Å². The molecule has 0 aromatic carbocycles. The number of thiazole rings is 1. The highest BCUT2D eigenvalue weighted by molar-refractivity contribution is 7.13. The highest BCUT2D eigenvalue weighted by atomic mass is 32.1. The molecule has 3 rings (SSSR count). The van der Waals surface area contributed by atoms with Crippen molar-refractivity contribution in [2.45, 2.75) is 40.3 Å². The molecule has 0 aliphatic carbocycles. The van der Waals surface area contributed by atoms with Gasteiger partial charge in [-0.1, -0.05) is 25.9 Å². The monoisotopic (exact) mass is 377 g/mol. The highest BCUT2D eigenvalue weighted by Gasteiger charge is 2.42. The first kappa shape index (κ1) is 18.4. The van der Waals surface area contributed by atoms with E-state index in [0.29, 0.717) is 25.3 Å². The Morgan fingerprint density at radius 3 is 2.73 bits per heavy atom. The molecule has 1 atom stereocenters. The molecule has 3 heterocycles. The average Bonchev–Trinajstić information content (AvgIpc) is 3.22. The van der Waals surface area contributed by atoms with Crippen LogP contribution in [0.5, 0.6) is 0 Å². The zero-order valence-corrected chi connectivity index (χ0v) is 16.2. The van der Waals surface area contributed by atoms with E-state index in [1.54, 1.807) is 9.80 Å². The maximum absolute atomic E-state index is 12.8. The van der Waals surface area contributed by atoms with E-state index in [9.17, 15) is 9.59 Å². The van der Waals surface area contributed by atoms with Gasteiger partial charge in [0.1, 0.15) is 22.5 Å². The van der Waals surface area contributed by atoms with Gasteiger partial charge in [-0.3, -0.25) is 4.79 Å². The van der Waals surface area contributed by atoms with Crippen LogP contribution in [-0.2, 0) is 11.3 Å². The predicted molar refractivity (Wildman–Crippen MR) is 97.3 cm³/mol. The number of carbonyl (C=O) groups excluding carboxylic acids is 2. The van der Waals surface area contributed by atoms with Crippen LogP contribution in [-0.4, -0.2) is 51.0 Å². The maximum Gasteiger partial charge on any atom is 0.321 e. The molecule has 1 unspecified atom stereocenters. The molecular weight excluding hydrogens is 354 g/mol. The molecule has 1 aliphatic rings. The number of urea groups is 1. The van der Waals surface area contributed by atoms with Crippen molar-refractivity contribution < 1.29 is 14.1 Å². The minimum atomic E-state index is -0.635. The molecule has 26 heavy (non-hydrogen) atoms. The van der Waals surface area contributed by atoms with Crippen molar-refractivity contribution in [2.75, 3.05) is 13.1 Å². The molecule has 1 fully saturated rings. The summed E-state index contributed by atoms with van der Waals surface area (Å²) in [7, 11) is 0. The van der Waals surface area contributed by atoms with Crippen LogP contribution in [0.25, 0.3) is 10.7 Å². The molecule has 0 bridgehead atoms. The van der Waals surface area contributed by atoms with E-state index >= 15 is 0 Å². The molecule has 8 nitrogen and oxygen atoms in total. The third-order valence-corrected chi connectivity index (χ3v) is 5.19. The van der Waals surface area contributed by atoms with E-state index in [2.05, 4.69) is 10.1 Å². The Balaban J connectivity index is 1.71. The van der Waals surface area contributed by atoms with Crippen molar-refractivity contribution in [3.63, 3.8) is 0 Å². The van der Waals surface area contributed by atoms with Crippen LogP contribution < -0.4 is 5.73 Å². The molecule has 0 saturated carbocycles. The molecule has 2 aromatic heterocycles. The smallest absolute Gasteiger partial charge is 0.321 e. The summed E-state index contributed by atoms with van der Waals surface area (Å²) < 4.78 is 5.08. The number of aromatic nitrogens is 2. The zero-order chi connectivity index (χ0) is 19.1. The largest absolute Gasteiger partial charge is 0.368 e. The molecular formula is C17H23N5O3S. The van der Waals surface area contributed by atoms with E-state index in [4.69, 9.17) is 10.3 Å². The van der Waals surface area contributed by atoms with Gasteiger partial charge in [-0.2, -0.15) is 0 Å². The minimum Gasteiger partial charge on any atom is -0.368 e. The molecule has 1 saturated heterocycles. The lowest BCUT2D eigenvalue weighted by Crippen LogP contribution is -2.53. The van der Waals surface area contributed by atoms with Crippen LogP contribution in [0.4, 0.5) is 4.79 Å². The van der Waals surface area contributed by atoms with Crippen LogP contribution in [0.2, 0.25) is 0 Å². The summed E-state index contributed by atoms with van der Waals surface area (Å²) in [6.07, 6.45) is 0. The van der Waals surface area contributed by atoms with E-state index in [-0.39, 0.29) is 6.03 Å². The number of carbonyl (C=O) groups is 2. The first-order valence-corrected chi connectivity index (χ1v) is 9.27. The number of nitrogens with zero attached hydrogens (tertiary/aromatic N) is 4. The summed E-state index contributed by atoms with van der Waals surface area (Å²) in [5.41, 5.74) is 6.61. The number of aryl methyl sites for hydroxylation is 1. The SMILES string of the molecule is Cc1cc(-c2nc(CN3CCN(C(C(N)=O)C(C)(C)C)C3=O)cs2)no1. The Morgan fingerprint density at radius 1 is 1.42 bits per heavy atom. The van der Waals surface area contributed by atoms with Crippen molar-refractivity contribution in [3.8, 4) is 10.7 Å². The van der Waals surface area contributed by atoms with E-state index in [1.165, 1.54) is 11.3 Å². The van der Waals surface area contributed by atoms with Gasteiger partial charge in [0.15, 0.2) is 0 Å². The molecule has 140 valence electrons. The van der Waals surface area contributed by atoms with Crippen molar-refractivity contribution in [1.29, 1.82) is 0 Å². The lowest BCUT2D eigenvalue weighted by Gasteiger charge is -2.35. The second-order valence-electron chi connectivity index (χ2n) is 7.54. The van der Waals surface area contributed by atoms with Crippen LogP contribution >= 0.6 is 11.3 Å². The number of hydrogen-bond donors (Lipinski definition) is 1. The summed E-state index contributed by atoms with van der Waals surface area (Å²) in [6, 6.07) is 1.01. The Hall–Kier alpha value is -2.42. The normalized spacial score (nSPS) is 16.4. The standard InChI is InChI=1S/C17H23N5O3S/c1-10-7-12(20-25-10)15-19-11(9-26-15)8-21-5-6-22(16(21)24)13(14(18)23)17(2,3)4/h7,9,13H,5-6,8H2,1-4H3,(H2,18,23). The fraction of sp³-hybridized carbons (Fsp3) is 0.529. The molecule has 9 heteroatoms. The second kappa shape index (κ2) is 6.71. The number of hydrogen-bond acceptors (Lipinski definition) is 6. The van der Waals surface area contributed by atoms with Gasteiger partial charge in [-0.15, -0.1) is 11.3 Å². The highest BCUT2D eigenvalue weighted by Crippen LogP contribution is 2.29. The summed E-state index contributed by atoms with van der Waals surface area (Å²) in [5.74, 6) is 0.242. The third kappa shape index (κ3) is 3.57. The summed E-state index contributed by atoms with van der Waals surface area (Å²) in [4.78, 5) is 32.5. The summed E-state index contributed by atoms with van der Waals surface area (Å²) in [5, 5.41) is 6.62. The molecule has 2 N–H and O–H groups in total. The number of rotatable bonds is 5. The lowest BCUT2D eigenvalue weighted by molar-refractivity contribution is -0.125. The molecule has 0 radical (unpaired) electrons. The fourth-order valence-corrected chi connectivity index (χ4v) is 3.96. The molecule has 1 aliphatic heterocycles. The second-order valence-corrected chi connectivity index (χ2v) is 8.39. The first-order chi connectivity index (χ1) is 12.2. The zero-order valence-electron chi connectivity index (χ0n) is 15.4. The van der Waals surface area contributed by atoms with Crippen LogP contribution in [0.3, 0.4) is 0 Å². The lowest BCUT2D eigenvalue weighted by atomic mass is 9.85. The van der Waals surface area contributed by atoms with Crippen molar-refractivity contribution in [1.82, 2.24) is 19.9 Å². The molecule has 3 amide bonds. The third-order valence-electron chi connectivity index (χ3n) is 4.28. The fourth-order valence-electron chi connectivity index (χ4n) is 3.20. The molecule has 2 aromatic rings. The maximum atomic E-state index is 12.8. The van der Waals surface area contributed by atoms with Crippen LogP contribution in [0.1, 0.15) is 32.2 Å². The van der Waals surface area contributed by atoms with Gasteiger partial charge in [0.2, 0.25) is 5.91 Å². The van der Waals surface area contributed by atoms with Crippen molar-refractivity contribution in [3.05, 3.63) is 22.9 Å². The Labute approximate surface area is 156 Å². The van der Waals surface area contributed by atoms with Crippen molar-refractivity contribution >= 4 is 23.3 Å². The topological polar surface area (TPSA) is 106 Å².